The maximum absolute atomic E-state index is 13.1. The van der Waals surface area contributed by atoms with Crippen LogP contribution >= 0.6 is 0 Å². The molecule has 35 heavy (non-hydrogen) atoms. The molecule has 0 aliphatic carbocycles. The molecule has 3 aromatic heterocycles. The average Bonchev–Trinajstić information content (AvgIpc) is 3.33. The Morgan fingerprint density at radius 2 is 1.97 bits per heavy atom. The Kier molecular flexibility index (Phi) is 6.91. The third kappa shape index (κ3) is 5.79. The fraction of sp³-hybridized carbons (Fsp3) is 0.435. The largest absolute Gasteiger partial charge is 0.410 e. The molecule has 9 nitrogen and oxygen atoms in total. The van der Waals surface area contributed by atoms with Crippen molar-refractivity contribution in [1.82, 2.24) is 19.9 Å². The topological polar surface area (TPSA) is 136 Å². The number of pyridine rings is 1. The summed E-state index contributed by atoms with van der Waals surface area (Å²) in [5.74, 6) is -1.16. The van der Waals surface area contributed by atoms with Crippen molar-refractivity contribution in [2.75, 3.05) is 11.1 Å². The van der Waals surface area contributed by atoms with Gasteiger partial charge in [-0.3, -0.25) is 15.1 Å². The van der Waals surface area contributed by atoms with Crippen molar-refractivity contribution in [3.8, 4) is 17.5 Å². The van der Waals surface area contributed by atoms with Gasteiger partial charge in [-0.05, 0) is 37.3 Å². The molecule has 2 atom stereocenters. The van der Waals surface area contributed by atoms with Crippen LogP contribution in [0.5, 0.6) is 0 Å². The fourth-order valence-corrected chi connectivity index (χ4v) is 3.35. The van der Waals surface area contributed by atoms with Gasteiger partial charge in [0.15, 0.2) is 0 Å². The molecule has 2 unspecified atom stereocenters. The predicted octanol–water partition coefficient (Wildman–Crippen LogP) is 4.84. The molecule has 0 saturated heterocycles. The number of anilines is 2. The molecule has 0 radical (unpaired) electrons. The quantitative estimate of drug-likeness (QED) is 0.506. The number of nitriles is 1. The van der Waals surface area contributed by atoms with E-state index in [-0.39, 0.29) is 34.2 Å². The molecule has 1 amide bonds. The van der Waals surface area contributed by atoms with Gasteiger partial charge in [-0.1, -0.05) is 32.0 Å². The summed E-state index contributed by atoms with van der Waals surface area (Å²) in [6, 6.07) is 4.50. The minimum atomic E-state index is -4.60. The van der Waals surface area contributed by atoms with Crippen molar-refractivity contribution in [3.63, 3.8) is 0 Å². The van der Waals surface area contributed by atoms with Gasteiger partial charge in [0, 0.05) is 12.3 Å². The third-order valence-corrected chi connectivity index (χ3v) is 5.34. The molecule has 3 aromatic rings. The first-order chi connectivity index (χ1) is 16.2. The lowest BCUT2D eigenvalue weighted by atomic mass is 9.91. The van der Waals surface area contributed by atoms with E-state index in [9.17, 15) is 23.2 Å². The van der Waals surface area contributed by atoms with Crippen molar-refractivity contribution in [1.29, 1.82) is 5.26 Å². The van der Waals surface area contributed by atoms with Crippen LogP contribution in [0.2, 0.25) is 0 Å². The first-order valence-corrected chi connectivity index (χ1v) is 10.8. The van der Waals surface area contributed by atoms with E-state index >= 15 is 0 Å². The molecular weight excluding hydrogens is 463 g/mol. The summed E-state index contributed by atoms with van der Waals surface area (Å²) in [4.78, 5) is 16.9. The lowest BCUT2D eigenvalue weighted by molar-refractivity contribution is -0.164. The maximum atomic E-state index is 13.1. The molecule has 0 aliphatic rings. The number of carbonyl (C=O) groups excluding carboxylic acids is 1. The number of hydrogen-bond acceptors (Lipinski definition) is 7. The second-order valence-corrected chi connectivity index (χ2v) is 9.49. The lowest BCUT2D eigenvalue weighted by Gasteiger charge is -2.16. The van der Waals surface area contributed by atoms with Gasteiger partial charge < -0.3 is 10.3 Å². The van der Waals surface area contributed by atoms with Gasteiger partial charge in [-0.15, -0.1) is 0 Å². The van der Waals surface area contributed by atoms with Gasteiger partial charge >= 0.3 is 6.18 Å². The van der Waals surface area contributed by atoms with Crippen LogP contribution in [-0.2, 0) is 11.2 Å². The summed E-state index contributed by atoms with van der Waals surface area (Å²) < 4.78 is 45.2. The molecule has 0 bridgehead atoms. The normalized spacial score (nSPS) is 13.8. The first-order valence-electron chi connectivity index (χ1n) is 10.8. The first kappa shape index (κ1) is 25.7. The van der Waals surface area contributed by atoms with Crippen LogP contribution in [0.25, 0.3) is 11.4 Å². The van der Waals surface area contributed by atoms with Crippen molar-refractivity contribution < 1.29 is 22.5 Å². The third-order valence-electron chi connectivity index (χ3n) is 5.34. The number of alkyl halides is 3. The SMILES string of the molecule is CC(C(=O)Nc1cc(CC(C)(C)C)no1)c1ccc(-c2nn(C(C)C(F)(F)F)c(N)c2C#N)nc1. The van der Waals surface area contributed by atoms with Crippen molar-refractivity contribution in [3.05, 3.63) is 41.2 Å². The summed E-state index contributed by atoms with van der Waals surface area (Å²) in [7, 11) is 0. The van der Waals surface area contributed by atoms with Crippen LogP contribution in [0.1, 0.15) is 63.4 Å². The van der Waals surface area contributed by atoms with Crippen molar-refractivity contribution in [2.24, 2.45) is 5.41 Å². The number of amides is 1. The zero-order chi connectivity index (χ0) is 26.1. The highest BCUT2D eigenvalue weighted by atomic mass is 19.4. The van der Waals surface area contributed by atoms with E-state index in [1.807, 2.05) is 0 Å². The van der Waals surface area contributed by atoms with Crippen molar-refractivity contribution >= 4 is 17.6 Å². The van der Waals surface area contributed by atoms with Crippen LogP contribution in [-0.4, -0.2) is 32.0 Å². The van der Waals surface area contributed by atoms with E-state index in [1.54, 1.807) is 25.1 Å². The number of nitrogens with two attached hydrogens (primary N) is 1. The van der Waals surface area contributed by atoms with Gasteiger partial charge in [-0.25, -0.2) is 4.68 Å². The van der Waals surface area contributed by atoms with Gasteiger partial charge in [0.05, 0.1) is 17.3 Å². The number of halogens is 3. The number of aromatic nitrogens is 4. The molecule has 0 saturated carbocycles. The van der Waals surface area contributed by atoms with Gasteiger partial charge in [0.1, 0.15) is 29.2 Å². The van der Waals surface area contributed by atoms with Gasteiger partial charge in [0.2, 0.25) is 11.8 Å². The van der Waals surface area contributed by atoms with Crippen LogP contribution in [0, 0.1) is 16.7 Å². The smallest absolute Gasteiger partial charge is 0.383 e. The number of nitrogens with zero attached hydrogens (tertiary/aromatic N) is 5. The van der Waals surface area contributed by atoms with E-state index in [1.165, 1.54) is 12.3 Å². The zero-order valence-corrected chi connectivity index (χ0v) is 19.9. The minimum Gasteiger partial charge on any atom is -0.383 e. The van der Waals surface area contributed by atoms with Crippen LogP contribution in [0.3, 0.4) is 0 Å². The molecule has 0 fully saturated rings. The highest BCUT2D eigenvalue weighted by Crippen LogP contribution is 2.35. The number of rotatable bonds is 6. The lowest BCUT2D eigenvalue weighted by Crippen LogP contribution is -2.25. The second kappa shape index (κ2) is 9.40. The summed E-state index contributed by atoms with van der Waals surface area (Å²) >= 11 is 0. The Balaban J connectivity index is 1.78. The molecule has 3 rings (SSSR count). The highest BCUT2D eigenvalue weighted by molar-refractivity contribution is 5.94. The Hall–Kier alpha value is -3.88. The van der Waals surface area contributed by atoms with E-state index in [2.05, 4.69) is 41.3 Å². The summed E-state index contributed by atoms with van der Waals surface area (Å²) in [6.07, 6.45) is -2.52. The maximum Gasteiger partial charge on any atom is 0.410 e. The Labute approximate surface area is 200 Å². The van der Waals surface area contributed by atoms with E-state index in [0.717, 1.165) is 12.6 Å². The van der Waals surface area contributed by atoms with E-state index in [4.69, 9.17) is 10.3 Å². The number of hydrogen-bond donors (Lipinski definition) is 2. The molecule has 186 valence electrons. The molecule has 12 heteroatoms. The summed E-state index contributed by atoms with van der Waals surface area (Å²) in [5, 5.41) is 20.0. The Bertz CT molecular complexity index is 1250. The van der Waals surface area contributed by atoms with Crippen LogP contribution < -0.4 is 11.1 Å². The summed E-state index contributed by atoms with van der Waals surface area (Å²) in [6.45, 7) is 8.75. The van der Waals surface area contributed by atoms with E-state index < -0.39 is 24.0 Å². The van der Waals surface area contributed by atoms with Crippen molar-refractivity contribution in [2.45, 2.75) is 59.2 Å². The summed E-state index contributed by atoms with van der Waals surface area (Å²) in [5.41, 5.74) is 6.90. The molecular formula is C23H26F3N7O2. The Morgan fingerprint density at radius 1 is 1.29 bits per heavy atom. The molecule has 3 N–H and O–H groups in total. The molecule has 0 aliphatic heterocycles. The van der Waals surface area contributed by atoms with Gasteiger partial charge in [-0.2, -0.15) is 23.5 Å². The predicted molar refractivity (Wildman–Crippen MR) is 122 cm³/mol. The fourth-order valence-electron chi connectivity index (χ4n) is 3.35. The van der Waals surface area contributed by atoms with Gasteiger partial charge in [0.25, 0.3) is 0 Å². The molecule has 3 heterocycles. The highest BCUT2D eigenvalue weighted by Gasteiger charge is 2.40. The van der Waals surface area contributed by atoms with Crippen LogP contribution in [0.15, 0.2) is 28.9 Å². The van der Waals surface area contributed by atoms with E-state index in [0.29, 0.717) is 16.7 Å². The number of carbonyl (C=O) groups is 1. The molecule has 0 spiro atoms. The van der Waals surface area contributed by atoms with Crippen LogP contribution in [0.4, 0.5) is 24.9 Å². The standard InChI is InChI=1S/C23H26F3N7O2/c1-12(21(34)30-18-8-15(32-35-18)9-22(3,4)5)14-6-7-17(29-11-14)19-16(10-27)20(28)33(31-19)13(2)23(24,25)26/h6-8,11-13H,9,28H2,1-5H3,(H,30,34). The monoisotopic (exact) mass is 489 g/mol. The number of nitrogen functional groups attached to an aromatic ring is 1. The minimum absolute atomic E-state index is 0.00948. The number of nitrogens with one attached hydrogen (secondary N) is 1. The molecule has 0 aromatic carbocycles. The Morgan fingerprint density at radius 3 is 2.51 bits per heavy atom. The second-order valence-electron chi connectivity index (χ2n) is 9.49. The average molecular weight is 490 g/mol. The zero-order valence-electron chi connectivity index (χ0n) is 19.9.